The number of fused-ring (bicyclic) bond motifs is 1. The van der Waals surface area contributed by atoms with Gasteiger partial charge in [0.25, 0.3) is 0 Å². The van der Waals surface area contributed by atoms with Crippen LogP contribution in [0.3, 0.4) is 0 Å². The zero-order chi connectivity index (χ0) is 24.8. The predicted molar refractivity (Wildman–Crippen MR) is 141 cm³/mol. The number of benzene rings is 2. The van der Waals surface area contributed by atoms with Crippen LogP contribution in [0.5, 0.6) is 11.5 Å². The van der Waals surface area contributed by atoms with Gasteiger partial charge in [0.1, 0.15) is 11.5 Å². The Labute approximate surface area is 203 Å². The summed E-state index contributed by atoms with van der Waals surface area (Å²) in [5.74, 6) is 2.15. The van der Waals surface area contributed by atoms with Gasteiger partial charge in [0.05, 0.1) is 19.6 Å². The van der Waals surface area contributed by atoms with E-state index in [4.69, 9.17) is 9.47 Å². The van der Waals surface area contributed by atoms with Gasteiger partial charge in [0.2, 0.25) is 0 Å². The molecule has 1 aliphatic heterocycles. The van der Waals surface area contributed by atoms with Crippen LogP contribution in [0.1, 0.15) is 110 Å². The average Bonchev–Trinajstić information content (AvgIpc) is 3.06. The van der Waals surface area contributed by atoms with Crippen molar-refractivity contribution in [3.63, 3.8) is 0 Å². The van der Waals surface area contributed by atoms with Crippen molar-refractivity contribution in [1.29, 1.82) is 0 Å². The number of methoxy groups -OCH3 is 1. The quantitative estimate of drug-likeness (QED) is 0.438. The number of hydrogen-bond acceptors (Lipinski definition) is 2. The number of rotatable bonds is 6. The molecule has 0 saturated carbocycles. The van der Waals surface area contributed by atoms with Gasteiger partial charge in [-0.15, -0.1) is 0 Å². The minimum absolute atomic E-state index is 0.0815. The molecule has 2 heteroatoms. The minimum Gasteiger partial charge on any atom is -0.496 e. The maximum Gasteiger partial charge on any atom is 0.123 e. The lowest BCUT2D eigenvalue weighted by Gasteiger charge is -2.34. The monoisotopic (exact) mass is 450 g/mol. The third-order valence-electron chi connectivity index (χ3n) is 6.90. The summed E-state index contributed by atoms with van der Waals surface area (Å²) in [7, 11) is 1.78. The van der Waals surface area contributed by atoms with E-state index in [9.17, 15) is 0 Å². The Kier molecular flexibility index (Phi) is 6.75. The topological polar surface area (TPSA) is 18.5 Å². The molecular weight excluding hydrogens is 404 g/mol. The third kappa shape index (κ3) is 5.94. The van der Waals surface area contributed by atoms with Crippen LogP contribution < -0.4 is 9.47 Å². The molecule has 0 N–H and O–H groups in total. The van der Waals surface area contributed by atoms with E-state index in [1.807, 2.05) is 0 Å². The molecule has 0 radical (unpaired) electrons. The fourth-order valence-corrected chi connectivity index (χ4v) is 6.18. The molecule has 0 aliphatic carbocycles. The summed E-state index contributed by atoms with van der Waals surface area (Å²) in [6.07, 6.45) is 2.25. The van der Waals surface area contributed by atoms with Gasteiger partial charge in [0, 0.05) is 11.1 Å². The molecule has 2 aromatic rings. The molecule has 1 aliphatic rings. The van der Waals surface area contributed by atoms with E-state index < -0.39 is 0 Å². The summed E-state index contributed by atoms with van der Waals surface area (Å²) in [6.45, 7) is 24.0. The first kappa shape index (κ1) is 25.7. The van der Waals surface area contributed by atoms with Crippen LogP contribution in [-0.4, -0.2) is 13.7 Å². The Bertz CT molecular complexity index is 983. The zero-order valence-corrected chi connectivity index (χ0v) is 23.0. The smallest absolute Gasteiger partial charge is 0.123 e. The van der Waals surface area contributed by atoms with Crippen LogP contribution >= 0.6 is 0 Å². The van der Waals surface area contributed by atoms with E-state index in [-0.39, 0.29) is 27.6 Å². The van der Waals surface area contributed by atoms with Gasteiger partial charge in [-0.05, 0) is 57.8 Å². The molecule has 1 unspecified atom stereocenters. The number of ether oxygens (including phenoxy) is 2. The Balaban J connectivity index is 2.04. The highest BCUT2D eigenvalue weighted by Gasteiger charge is 2.34. The molecule has 3 rings (SSSR count). The van der Waals surface area contributed by atoms with Gasteiger partial charge in [-0.25, -0.2) is 0 Å². The largest absolute Gasteiger partial charge is 0.496 e. The van der Waals surface area contributed by atoms with E-state index >= 15 is 0 Å². The first-order valence-corrected chi connectivity index (χ1v) is 12.5. The van der Waals surface area contributed by atoms with Crippen molar-refractivity contribution >= 4 is 0 Å². The van der Waals surface area contributed by atoms with Crippen molar-refractivity contribution in [1.82, 2.24) is 0 Å². The Hall–Kier alpha value is -1.96. The Morgan fingerprint density at radius 2 is 1.21 bits per heavy atom. The second-order valence-corrected chi connectivity index (χ2v) is 13.8. The summed E-state index contributed by atoms with van der Waals surface area (Å²) >= 11 is 0. The Morgan fingerprint density at radius 1 is 0.727 bits per heavy atom. The molecule has 0 bridgehead atoms. The van der Waals surface area contributed by atoms with Crippen LogP contribution in [0.25, 0.3) is 0 Å². The van der Waals surface area contributed by atoms with Gasteiger partial charge in [-0.2, -0.15) is 0 Å². The highest BCUT2D eigenvalue weighted by molar-refractivity contribution is 5.53. The molecular formula is C31H46O2. The van der Waals surface area contributed by atoms with E-state index in [0.717, 1.165) is 24.3 Å². The standard InChI is InChI=1S/C31H46O2/c1-28(2,3)19-30(7,8)21-12-14-26(32-11)23(16-21)25-18-33-27-15-13-22(17-24(25)27)31(9,10)20-29(4,5)6/h12-17,25H,18-20H2,1-11H3. The molecule has 1 atom stereocenters. The van der Waals surface area contributed by atoms with Crippen LogP contribution in [0, 0.1) is 10.8 Å². The van der Waals surface area contributed by atoms with Crippen LogP contribution in [-0.2, 0) is 10.8 Å². The normalized spacial score (nSPS) is 17.0. The minimum atomic E-state index is 0.0815. The first-order chi connectivity index (χ1) is 15.0. The van der Waals surface area contributed by atoms with Crippen LogP contribution in [0.15, 0.2) is 36.4 Å². The summed E-state index contributed by atoms with van der Waals surface area (Å²) in [5, 5.41) is 0. The molecule has 0 saturated heterocycles. The first-order valence-electron chi connectivity index (χ1n) is 12.5. The van der Waals surface area contributed by atoms with Crippen molar-refractivity contribution < 1.29 is 9.47 Å². The summed E-state index contributed by atoms with van der Waals surface area (Å²) in [4.78, 5) is 0. The molecule has 2 nitrogen and oxygen atoms in total. The lowest BCUT2D eigenvalue weighted by Crippen LogP contribution is -2.25. The van der Waals surface area contributed by atoms with E-state index in [0.29, 0.717) is 6.61 Å². The molecule has 0 aromatic heterocycles. The van der Waals surface area contributed by atoms with Crippen molar-refractivity contribution in [3.8, 4) is 11.5 Å². The molecule has 0 fully saturated rings. The van der Waals surface area contributed by atoms with Gasteiger partial charge in [0.15, 0.2) is 0 Å². The fraction of sp³-hybridized carbons (Fsp3) is 0.613. The molecule has 0 amide bonds. The lowest BCUT2D eigenvalue weighted by molar-refractivity contribution is 0.283. The van der Waals surface area contributed by atoms with E-state index in [1.54, 1.807) is 7.11 Å². The lowest BCUT2D eigenvalue weighted by atomic mass is 9.71. The zero-order valence-electron chi connectivity index (χ0n) is 23.0. The van der Waals surface area contributed by atoms with Crippen LogP contribution in [0.4, 0.5) is 0 Å². The molecule has 33 heavy (non-hydrogen) atoms. The van der Waals surface area contributed by atoms with Crippen molar-refractivity contribution in [3.05, 3.63) is 58.7 Å². The molecule has 2 aromatic carbocycles. The third-order valence-corrected chi connectivity index (χ3v) is 6.90. The van der Waals surface area contributed by atoms with Gasteiger partial charge in [-0.3, -0.25) is 0 Å². The van der Waals surface area contributed by atoms with E-state index in [1.165, 1.54) is 22.3 Å². The second-order valence-electron chi connectivity index (χ2n) is 13.8. The SMILES string of the molecule is COc1ccc(C(C)(C)CC(C)(C)C)cc1C1COc2ccc(C(C)(C)CC(C)(C)C)cc21. The van der Waals surface area contributed by atoms with Gasteiger partial charge < -0.3 is 9.47 Å². The van der Waals surface area contributed by atoms with Gasteiger partial charge >= 0.3 is 0 Å². The van der Waals surface area contributed by atoms with Crippen molar-refractivity contribution in [2.75, 3.05) is 13.7 Å². The molecule has 1 heterocycles. The summed E-state index contributed by atoms with van der Waals surface area (Å²) in [5.41, 5.74) is 5.99. The maximum absolute atomic E-state index is 6.18. The second kappa shape index (κ2) is 8.67. The predicted octanol–water partition coefficient (Wildman–Crippen LogP) is 8.65. The molecule has 0 spiro atoms. The highest BCUT2D eigenvalue weighted by atomic mass is 16.5. The van der Waals surface area contributed by atoms with Crippen molar-refractivity contribution in [2.24, 2.45) is 10.8 Å². The summed E-state index contributed by atoms with van der Waals surface area (Å²) < 4.78 is 12.0. The Morgan fingerprint density at radius 3 is 1.70 bits per heavy atom. The molecule has 182 valence electrons. The van der Waals surface area contributed by atoms with Gasteiger partial charge in [-0.1, -0.05) is 93.5 Å². The van der Waals surface area contributed by atoms with Crippen LogP contribution in [0.2, 0.25) is 0 Å². The average molecular weight is 451 g/mol. The van der Waals surface area contributed by atoms with Crippen molar-refractivity contribution in [2.45, 2.75) is 98.8 Å². The maximum atomic E-state index is 6.18. The summed E-state index contributed by atoms with van der Waals surface area (Å²) in [6, 6.07) is 13.6. The highest BCUT2D eigenvalue weighted by Crippen LogP contribution is 2.46. The fourth-order valence-electron chi connectivity index (χ4n) is 6.18. The van der Waals surface area contributed by atoms with E-state index in [2.05, 4.69) is 106 Å². The number of hydrogen-bond donors (Lipinski definition) is 0.